The number of fused-ring (bicyclic) bond motifs is 1. The maximum Gasteiger partial charge on any atom is 0.371 e. The largest absolute Gasteiger partial charge is 0.475 e. The van der Waals surface area contributed by atoms with E-state index in [0.29, 0.717) is 5.69 Å². The van der Waals surface area contributed by atoms with E-state index in [1.165, 1.54) is 23.1 Å². The zero-order valence-electron chi connectivity index (χ0n) is 10.5. The van der Waals surface area contributed by atoms with Crippen LogP contribution in [0.15, 0.2) is 34.7 Å². The average molecular weight is 306 g/mol. The summed E-state index contributed by atoms with van der Waals surface area (Å²) in [5.74, 6) is -2.56. The van der Waals surface area contributed by atoms with Gasteiger partial charge in [-0.3, -0.25) is 14.5 Å². The number of hydrogen-bond donors (Lipinski definition) is 1. The second kappa shape index (κ2) is 4.75. The molecule has 0 atom stereocenters. The first-order valence-electron chi connectivity index (χ1n) is 5.95. The topological polar surface area (TPSA) is 87.8 Å². The second-order valence-corrected chi connectivity index (χ2v) is 4.83. The van der Waals surface area contributed by atoms with Gasteiger partial charge in [-0.25, -0.2) is 4.79 Å². The van der Waals surface area contributed by atoms with Gasteiger partial charge in [0.15, 0.2) is 0 Å². The van der Waals surface area contributed by atoms with Crippen molar-refractivity contribution in [2.75, 3.05) is 4.90 Å². The molecule has 0 radical (unpaired) electrons. The summed E-state index contributed by atoms with van der Waals surface area (Å²) < 4.78 is 5.10. The first-order chi connectivity index (χ1) is 9.99. The summed E-state index contributed by atoms with van der Waals surface area (Å²) in [6, 6.07) is 7.50. The third-order valence-electron chi connectivity index (χ3n) is 3.14. The van der Waals surface area contributed by atoms with Crippen LogP contribution in [0.25, 0.3) is 0 Å². The van der Waals surface area contributed by atoms with Gasteiger partial charge >= 0.3 is 5.97 Å². The molecular formula is C14H8ClNO5. The molecule has 0 saturated heterocycles. The monoisotopic (exact) mass is 305 g/mol. The zero-order valence-corrected chi connectivity index (χ0v) is 11.3. The molecule has 2 aromatic rings. The van der Waals surface area contributed by atoms with Crippen molar-refractivity contribution in [3.8, 4) is 0 Å². The highest BCUT2D eigenvalue weighted by Gasteiger charge is 2.37. The molecular weight excluding hydrogens is 298 g/mol. The van der Waals surface area contributed by atoms with Gasteiger partial charge in [-0.15, -0.1) is 0 Å². The molecule has 3 rings (SSSR count). The van der Waals surface area contributed by atoms with Crippen LogP contribution in [-0.2, 0) is 11.3 Å². The number of nitrogens with zero attached hydrogens (tertiary/aromatic N) is 1. The number of aromatic carboxylic acids is 1. The molecule has 106 valence electrons. The van der Waals surface area contributed by atoms with Crippen molar-refractivity contribution in [3.05, 3.63) is 52.4 Å². The molecule has 1 aliphatic heterocycles. The summed E-state index contributed by atoms with van der Waals surface area (Å²) in [4.78, 5) is 35.9. The number of carboxylic acids is 1. The molecule has 0 spiro atoms. The second-order valence-electron chi connectivity index (χ2n) is 4.43. The molecule has 6 nitrogen and oxygen atoms in total. The lowest BCUT2D eigenvalue weighted by molar-refractivity contribution is -0.114. The summed E-state index contributed by atoms with van der Waals surface area (Å²) in [6.07, 6.45) is 0. The van der Waals surface area contributed by atoms with Crippen LogP contribution < -0.4 is 4.90 Å². The molecule has 1 aromatic carbocycles. The van der Waals surface area contributed by atoms with Gasteiger partial charge in [-0.05, 0) is 24.3 Å². The number of anilines is 1. The normalized spacial score (nSPS) is 13.7. The van der Waals surface area contributed by atoms with Crippen LogP contribution in [0.1, 0.15) is 26.7 Å². The molecule has 21 heavy (non-hydrogen) atoms. The number of hydrogen-bond acceptors (Lipinski definition) is 4. The van der Waals surface area contributed by atoms with Gasteiger partial charge in [-0.2, -0.15) is 0 Å². The molecule has 2 heterocycles. The minimum atomic E-state index is -1.20. The summed E-state index contributed by atoms with van der Waals surface area (Å²) >= 11 is 5.94. The predicted octanol–water partition coefficient (Wildman–Crippen LogP) is 2.36. The fraction of sp³-hybridized carbons (Fsp3) is 0.0714. The van der Waals surface area contributed by atoms with Crippen LogP contribution >= 0.6 is 11.6 Å². The van der Waals surface area contributed by atoms with E-state index >= 15 is 0 Å². The number of amides is 1. The number of halogens is 1. The number of furan rings is 1. The standard InChI is InChI=1S/C14H8ClNO5/c15-8-2-1-3-9-11(8)12(17)13(18)16(9)6-7-4-5-10(21-7)14(19)20/h1-5H,6H2,(H,19,20). The Morgan fingerprint density at radius 2 is 2.00 bits per heavy atom. The highest BCUT2D eigenvalue weighted by Crippen LogP contribution is 2.35. The molecule has 0 saturated carbocycles. The average Bonchev–Trinajstić information content (AvgIpc) is 3.00. The number of benzene rings is 1. The lowest BCUT2D eigenvalue weighted by Gasteiger charge is -2.14. The van der Waals surface area contributed by atoms with Gasteiger partial charge in [-0.1, -0.05) is 17.7 Å². The lowest BCUT2D eigenvalue weighted by atomic mass is 10.1. The fourth-order valence-corrected chi connectivity index (χ4v) is 2.45. The Kier molecular flexibility index (Phi) is 3.03. The maximum atomic E-state index is 12.0. The van der Waals surface area contributed by atoms with E-state index in [9.17, 15) is 14.4 Å². The molecule has 1 N–H and O–H groups in total. The van der Waals surface area contributed by atoms with Gasteiger partial charge in [0.25, 0.3) is 11.7 Å². The Hall–Kier alpha value is -2.60. The quantitative estimate of drug-likeness (QED) is 0.879. The van der Waals surface area contributed by atoms with Gasteiger partial charge < -0.3 is 9.52 Å². The number of carboxylic acid groups (broad SMARTS) is 1. The Morgan fingerprint density at radius 1 is 1.24 bits per heavy atom. The summed E-state index contributed by atoms with van der Waals surface area (Å²) in [5.41, 5.74) is 0.556. The summed E-state index contributed by atoms with van der Waals surface area (Å²) in [5, 5.41) is 9.01. The van der Waals surface area contributed by atoms with Crippen LogP contribution in [0.3, 0.4) is 0 Å². The maximum absolute atomic E-state index is 12.0. The van der Waals surface area contributed by atoms with E-state index in [2.05, 4.69) is 0 Å². The van der Waals surface area contributed by atoms with Crippen LogP contribution in [0.2, 0.25) is 5.02 Å². The van der Waals surface area contributed by atoms with Crippen molar-refractivity contribution in [2.24, 2.45) is 0 Å². The molecule has 1 amide bonds. The van der Waals surface area contributed by atoms with Crippen molar-refractivity contribution in [2.45, 2.75) is 6.54 Å². The number of ketones is 1. The predicted molar refractivity (Wildman–Crippen MR) is 72.6 cm³/mol. The Bertz CT molecular complexity index is 779. The molecule has 1 aromatic heterocycles. The lowest BCUT2D eigenvalue weighted by Crippen LogP contribution is -2.28. The van der Waals surface area contributed by atoms with E-state index in [1.807, 2.05) is 0 Å². The third-order valence-corrected chi connectivity index (χ3v) is 3.45. The summed E-state index contributed by atoms with van der Waals surface area (Å²) in [7, 11) is 0. The number of carbonyl (C=O) groups excluding carboxylic acids is 2. The fourth-order valence-electron chi connectivity index (χ4n) is 2.19. The van der Waals surface area contributed by atoms with Gasteiger partial charge in [0, 0.05) is 0 Å². The van der Waals surface area contributed by atoms with Crippen LogP contribution in [0, 0.1) is 0 Å². The van der Waals surface area contributed by atoms with Gasteiger partial charge in [0.2, 0.25) is 5.76 Å². The van der Waals surface area contributed by atoms with Crippen molar-refractivity contribution in [1.82, 2.24) is 0 Å². The molecule has 0 aliphatic carbocycles. The SMILES string of the molecule is O=C(O)c1ccc(CN2C(=O)C(=O)c3c(Cl)cccc32)o1. The first-order valence-corrected chi connectivity index (χ1v) is 6.33. The number of Topliss-reactive ketones (excluding diaryl/α,β-unsaturated/α-hetero) is 1. The van der Waals surface area contributed by atoms with Crippen LogP contribution in [-0.4, -0.2) is 22.8 Å². The van der Waals surface area contributed by atoms with E-state index < -0.39 is 17.7 Å². The molecule has 0 unspecified atom stereocenters. The van der Waals surface area contributed by atoms with Gasteiger partial charge in [0.05, 0.1) is 22.8 Å². The number of rotatable bonds is 3. The highest BCUT2D eigenvalue weighted by molar-refractivity contribution is 6.55. The Morgan fingerprint density at radius 3 is 2.67 bits per heavy atom. The summed E-state index contributed by atoms with van der Waals surface area (Å²) in [6.45, 7) is -0.0365. The van der Waals surface area contributed by atoms with E-state index in [4.69, 9.17) is 21.1 Å². The van der Waals surface area contributed by atoms with E-state index in [0.717, 1.165) is 0 Å². The number of carbonyl (C=O) groups is 3. The van der Waals surface area contributed by atoms with Crippen molar-refractivity contribution < 1.29 is 23.9 Å². The highest BCUT2D eigenvalue weighted by atomic mass is 35.5. The molecule has 0 fully saturated rings. The first kappa shape index (κ1) is 13.4. The zero-order chi connectivity index (χ0) is 15.1. The van der Waals surface area contributed by atoms with Crippen LogP contribution in [0.4, 0.5) is 5.69 Å². The smallest absolute Gasteiger partial charge is 0.371 e. The minimum absolute atomic E-state index is 0.0365. The van der Waals surface area contributed by atoms with Crippen molar-refractivity contribution in [1.29, 1.82) is 0 Å². The van der Waals surface area contributed by atoms with Crippen molar-refractivity contribution in [3.63, 3.8) is 0 Å². The molecule has 1 aliphatic rings. The Balaban J connectivity index is 1.96. The van der Waals surface area contributed by atoms with Crippen molar-refractivity contribution >= 4 is 34.9 Å². The van der Waals surface area contributed by atoms with Crippen LogP contribution in [0.5, 0.6) is 0 Å². The minimum Gasteiger partial charge on any atom is -0.475 e. The molecule has 7 heteroatoms. The Labute approximate surface area is 123 Å². The third kappa shape index (κ3) is 2.09. The molecule has 0 bridgehead atoms. The van der Waals surface area contributed by atoms with Gasteiger partial charge in [0.1, 0.15) is 5.76 Å². The van der Waals surface area contributed by atoms with E-state index in [1.54, 1.807) is 12.1 Å². The van der Waals surface area contributed by atoms with E-state index in [-0.39, 0.29) is 28.7 Å².